The predicted octanol–water partition coefficient (Wildman–Crippen LogP) is 5.63. The fourth-order valence-electron chi connectivity index (χ4n) is 10.3. The highest BCUT2D eigenvalue weighted by Gasteiger charge is 2.51. The van der Waals surface area contributed by atoms with Crippen LogP contribution in [-0.2, 0) is 57.6 Å². The number of ether oxygens (including phenoxy) is 3. The standard InChI is InChI=1S/C52H67F2N9O8S/c1-9-62-40-13-12-33-25-36(40)37(45(62)35-11-10-17-55-43(35)32(4)69-8)27-51(5,6)30-71-50(68)46-52(53,54)16-20-63(58-46)49(67)38(26-41-56-39(33)29-72-41)57-47(65)44(31(2)3)59(7)48(66)34-14-19-61(28-34)42(64)15-18-60-21-23-70-24-22-60/h10-13,15,17-18,25,29,31-32,34,38,44,46,58H,9,14,16,19-24,26-28,30H2,1-8H3,(H,57,65)/b18-15+/t32-,34-,38-,44-,46+/m0/s1. The summed E-state index contributed by atoms with van der Waals surface area (Å²) in [6.45, 7) is 14.4. The molecule has 3 fully saturated rings. The molecule has 8 rings (SSSR count). The van der Waals surface area contributed by atoms with E-state index >= 15 is 8.78 Å². The van der Waals surface area contributed by atoms with Crippen LogP contribution < -0.4 is 10.7 Å². The summed E-state index contributed by atoms with van der Waals surface area (Å²) in [5.41, 5.74) is 7.58. The molecule has 0 radical (unpaired) electrons. The highest BCUT2D eigenvalue weighted by Crippen LogP contribution is 2.42. The molecule has 2 N–H and O–H groups in total. The van der Waals surface area contributed by atoms with E-state index < -0.39 is 72.0 Å². The van der Waals surface area contributed by atoms with Crippen molar-refractivity contribution in [2.45, 2.75) is 104 Å². The van der Waals surface area contributed by atoms with Crippen LogP contribution in [0.5, 0.6) is 0 Å². The lowest BCUT2D eigenvalue weighted by molar-refractivity contribution is -0.176. The lowest BCUT2D eigenvalue weighted by Gasteiger charge is -2.40. The number of thiazole rings is 1. The maximum atomic E-state index is 15.8. The normalized spacial score (nSPS) is 22.5. The quantitative estimate of drug-likeness (QED) is 0.140. The average molecular weight is 1020 g/mol. The van der Waals surface area contributed by atoms with E-state index in [0.717, 1.165) is 44.0 Å². The summed E-state index contributed by atoms with van der Waals surface area (Å²) >= 11 is 1.29. The molecule has 4 aromatic rings. The number of amides is 4. The van der Waals surface area contributed by atoms with Crippen LogP contribution in [-0.4, -0.2) is 155 Å². The molecule has 4 aliphatic rings. The number of esters is 1. The van der Waals surface area contributed by atoms with Gasteiger partial charge in [0, 0.05) is 118 Å². The minimum Gasteiger partial charge on any atom is -0.464 e. The number of carbonyl (C=O) groups excluding carboxylic acids is 5. The van der Waals surface area contributed by atoms with Crippen molar-refractivity contribution in [3.8, 4) is 22.5 Å². The van der Waals surface area contributed by atoms with Gasteiger partial charge >= 0.3 is 5.97 Å². The summed E-state index contributed by atoms with van der Waals surface area (Å²) in [5.74, 6) is -7.73. The molecule has 0 unspecified atom stereocenters. The number of halogens is 2. The van der Waals surface area contributed by atoms with Crippen molar-refractivity contribution in [2.24, 2.45) is 17.3 Å². The first kappa shape index (κ1) is 52.5. The summed E-state index contributed by atoms with van der Waals surface area (Å²) in [4.78, 5) is 85.1. The Bertz CT molecular complexity index is 2700. The second-order valence-electron chi connectivity index (χ2n) is 20.4. The van der Waals surface area contributed by atoms with E-state index in [1.54, 1.807) is 38.3 Å². The molecule has 0 spiro atoms. The number of methoxy groups -OCH3 is 1. The van der Waals surface area contributed by atoms with E-state index in [0.29, 0.717) is 62.9 Å². The Kier molecular flexibility index (Phi) is 15.8. The number of nitrogens with zero attached hydrogens (tertiary/aromatic N) is 7. The van der Waals surface area contributed by atoms with Gasteiger partial charge < -0.3 is 38.8 Å². The van der Waals surface area contributed by atoms with Crippen molar-refractivity contribution in [2.75, 3.05) is 66.7 Å². The summed E-state index contributed by atoms with van der Waals surface area (Å²) in [5, 5.41) is 7.12. The zero-order valence-corrected chi connectivity index (χ0v) is 43.2. The molecule has 20 heteroatoms. The van der Waals surface area contributed by atoms with Crippen molar-refractivity contribution in [3.63, 3.8) is 0 Å². The maximum absolute atomic E-state index is 15.8. The lowest BCUT2D eigenvalue weighted by atomic mass is 9.84. The molecular weight excluding hydrogens is 949 g/mol. The van der Waals surface area contributed by atoms with Gasteiger partial charge in [0.15, 0.2) is 6.04 Å². The monoisotopic (exact) mass is 1020 g/mol. The number of benzene rings is 1. The van der Waals surface area contributed by atoms with Crippen molar-refractivity contribution < 1.29 is 47.0 Å². The van der Waals surface area contributed by atoms with Gasteiger partial charge in [0.2, 0.25) is 17.7 Å². The number of hydrogen-bond acceptors (Lipinski definition) is 13. The number of aromatic nitrogens is 3. The zero-order valence-electron chi connectivity index (χ0n) is 42.4. The molecule has 4 amide bonds. The van der Waals surface area contributed by atoms with E-state index in [9.17, 15) is 24.0 Å². The van der Waals surface area contributed by atoms with Gasteiger partial charge in [-0.3, -0.25) is 34.0 Å². The molecule has 5 atom stereocenters. The van der Waals surface area contributed by atoms with Gasteiger partial charge in [-0.05, 0) is 62.4 Å². The summed E-state index contributed by atoms with van der Waals surface area (Å²) < 4.78 is 50.8. The number of cyclic esters (lactones) is 1. The maximum Gasteiger partial charge on any atom is 0.331 e. The molecule has 4 aliphatic heterocycles. The number of nitrogens with one attached hydrogen (secondary N) is 2. The Morgan fingerprint density at radius 2 is 1.86 bits per heavy atom. The van der Waals surface area contributed by atoms with Crippen LogP contribution in [0, 0.1) is 17.3 Å². The van der Waals surface area contributed by atoms with E-state index in [2.05, 4.69) is 28.3 Å². The van der Waals surface area contributed by atoms with Crippen LogP contribution >= 0.6 is 11.3 Å². The number of carbonyl (C=O) groups is 5. The largest absolute Gasteiger partial charge is 0.464 e. The molecule has 72 heavy (non-hydrogen) atoms. The Morgan fingerprint density at radius 1 is 1.10 bits per heavy atom. The highest BCUT2D eigenvalue weighted by molar-refractivity contribution is 7.10. The summed E-state index contributed by atoms with van der Waals surface area (Å²) in [6, 6.07) is 5.40. The minimum absolute atomic E-state index is 0.126. The molecule has 3 saturated heterocycles. The zero-order chi connectivity index (χ0) is 51.6. The van der Waals surface area contributed by atoms with Crippen molar-refractivity contribution >= 4 is 51.8 Å². The van der Waals surface area contributed by atoms with Gasteiger partial charge in [-0.2, -0.15) is 0 Å². The van der Waals surface area contributed by atoms with Crippen LogP contribution in [0.3, 0.4) is 0 Å². The number of likely N-dealkylation sites (tertiary alicyclic amines) is 1. The van der Waals surface area contributed by atoms with Crippen LogP contribution in [0.25, 0.3) is 33.4 Å². The summed E-state index contributed by atoms with van der Waals surface area (Å²) in [6.07, 6.45) is 4.47. The van der Waals surface area contributed by atoms with Crippen LogP contribution in [0.15, 0.2) is 54.2 Å². The molecule has 6 bridgehead atoms. The number of aryl methyl sites for hydroxylation is 1. The second-order valence-corrected chi connectivity index (χ2v) is 21.3. The number of morpholine rings is 1. The van der Waals surface area contributed by atoms with Gasteiger partial charge in [0.25, 0.3) is 11.8 Å². The highest BCUT2D eigenvalue weighted by atomic mass is 32.1. The van der Waals surface area contributed by atoms with Gasteiger partial charge in [0.1, 0.15) is 12.1 Å². The summed E-state index contributed by atoms with van der Waals surface area (Å²) in [7, 11) is 3.17. The minimum atomic E-state index is -3.58. The van der Waals surface area contributed by atoms with Gasteiger partial charge in [0.05, 0.1) is 53.9 Å². The van der Waals surface area contributed by atoms with Crippen molar-refractivity contribution in [1.82, 2.24) is 45.0 Å². The fraction of sp³-hybridized carbons (Fsp3) is 0.558. The van der Waals surface area contributed by atoms with E-state index in [1.165, 1.54) is 29.4 Å². The smallest absolute Gasteiger partial charge is 0.331 e. The Hall–Kier alpha value is -5.83. The Labute approximate surface area is 423 Å². The average Bonchev–Trinajstić information content (AvgIpc) is 4.12. The van der Waals surface area contributed by atoms with Gasteiger partial charge in [-0.15, -0.1) is 11.3 Å². The van der Waals surface area contributed by atoms with Crippen LogP contribution in [0.4, 0.5) is 8.78 Å². The van der Waals surface area contributed by atoms with E-state index in [-0.39, 0.29) is 37.5 Å². The molecule has 388 valence electrons. The second kappa shape index (κ2) is 21.7. The topological polar surface area (TPSA) is 181 Å². The molecule has 3 aromatic heterocycles. The number of hydrazine groups is 1. The number of likely N-dealkylation sites (N-methyl/N-ethyl adjacent to an activating group) is 1. The number of alkyl halides is 2. The van der Waals surface area contributed by atoms with Crippen molar-refractivity contribution in [3.05, 3.63) is 70.4 Å². The lowest BCUT2D eigenvalue weighted by Crippen LogP contribution is -2.67. The number of pyridine rings is 1. The molecule has 7 heterocycles. The van der Waals surface area contributed by atoms with Crippen LogP contribution in [0.1, 0.15) is 76.8 Å². The fourth-order valence-corrected chi connectivity index (χ4v) is 11.2. The molecular formula is C52H67F2N9O8S. The third kappa shape index (κ3) is 11.1. The van der Waals surface area contributed by atoms with Crippen LogP contribution in [0.2, 0.25) is 0 Å². The molecule has 0 saturated carbocycles. The Balaban J connectivity index is 1.12. The molecule has 1 aromatic carbocycles. The molecule has 17 nitrogen and oxygen atoms in total. The first-order valence-electron chi connectivity index (χ1n) is 24.9. The molecule has 0 aliphatic carbocycles. The Morgan fingerprint density at radius 3 is 2.58 bits per heavy atom. The van der Waals surface area contributed by atoms with Gasteiger partial charge in [-0.25, -0.2) is 19.2 Å². The number of rotatable bonds is 11. The third-order valence-electron chi connectivity index (χ3n) is 14.3. The first-order chi connectivity index (χ1) is 34.3. The van der Waals surface area contributed by atoms with E-state index in [4.69, 9.17) is 24.2 Å². The number of hydrogen-bond donors (Lipinski definition) is 2. The van der Waals surface area contributed by atoms with Crippen molar-refractivity contribution in [1.29, 1.82) is 0 Å². The van der Waals surface area contributed by atoms with E-state index in [1.807, 2.05) is 55.3 Å². The first-order valence-corrected chi connectivity index (χ1v) is 25.7. The van der Waals surface area contributed by atoms with Gasteiger partial charge in [-0.1, -0.05) is 33.8 Å². The SMILES string of the molecule is CCn1c(-c2cccnc2[C@H](C)OC)c2c3cc(ccc31)-c1csc(n1)C[C@H](NC(=O)[C@H](C(C)C)N(C)C(=O)[C@H]1CCN(C(=O)/C=C/N3CCOCC3)C1)C(=O)N1CCC(F)(F)[C@H](N1)C(=O)OCC(C)(C)C2. The number of fused-ring (bicyclic) bond motifs is 6. The predicted molar refractivity (Wildman–Crippen MR) is 267 cm³/mol. The third-order valence-corrected chi connectivity index (χ3v) is 15.2.